The Kier molecular flexibility index (Phi) is 5.94. The van der Waals surface area contributed by atoms with E-state index in [9.17, 15) is 4.79 Å². The molecular weight excluding hydrogens is 386 g/mol. The first-order valence-electron chi connectivity index (χ1n) is 9.98. The lowest BCUT2D eigenvalue weighted by Crippen LogP contribution is -2.21. The molecule has 0 unspecified atom stereocenters. The summed E-state index contributed by atoms with van der Waals surface area (Å²) in [6, 6.07) is 7.74. The Morgan fingerprint density at radius 3 is 2.52 bits per heavy atom. The van der Waals surface area contributed by atoms with E-state index in [0.29, 0.717) is 11.5 Å². The molecule has 4 rings (SSSR count). The smallest absolute Gasteiger partial charge is 0.228 e. The van der Waals surface area contributed by atoms with Crippen molar-refractivity contribution in [1.82, 2.24) is 9.36 Å². The zero-order chi connectivity index (χ0) is 20.2. The van der Waals surface area contributed by atoms with Gasteiger partial charge >= 0.3 is 0 Å². The third kappa shape index (κ3) is 4.19. The summed E-state index contributed by atoms with van der Waals surface area (Å²) in [7, 11) is 3.23. The highest BCUT2D eigenvalue weighted by molar-refractivity contribution is 7.12. The minimum absolute atomic E-state index is 0.0979. The van der Waals surface area contributed by atoms with Crippen LogP contribution in [0.15, 0.2) is 30.5 Å². The van der Waals surface area contributed by atoms with Crippen molar-refractivity contribution in [2.75, 3.05) is 19.5 Å². The van der Waals surface area contributed by atoms with Crippen molar-refractivity contribution >= 4 is 33.5 Å². The van der Waals surface area contributed by atoms with Gasteiger partial charge in [0.05, 0.1) is 14.2 Å². The largest absolute Gasteiger partial charge is 0.493 e. The van der Waals surface area contributed by atoms with Gasteiger partial charge in [-0.25, -0.2) is 0 Å². The number of nitrogens with one attached hydrogen (secondary N) is 1. The van der Waals surface area contributed by atoms with Crippen LogP contribution in [0.1, 0.15) is 38.5 Å². The zero-order valence-corrected chi connectivity index (χ0v) is 17.6. The molecular formula is C22H25N3O3S. The number of fused-ring (bicyclic) bond motifs is 1. The van der Waals surface area contributed by atoms with E-state index in [2.05, 4.69) is 14.7 Å². The zero-order valence-electron chi connectivity index (χ0n) is 16.7. The van der Waals surface area contributed by atoms with Crippen LogP contribution in [-0.4, -0.2) is 29.5 Å². The molecule has 3 aromatic rings. The Balaban J connectivity index is 1.57. The fourth-order valence-corrected chi connectivity index (χ4v) is 4.57. The molecule has 1 amide bonds. The molecule has 2 heterocycles. The van der Waals surface area contributed by atoms with Gasteiger partial charge in [0.2, 0.25) is 5.91 Å². The van der Waals surface area contributed by atoms with Gasteiger partial charge in [-0.15, -0.1) is 0 Å². The Bertz CT molecular complexity index is 1010. The maximum atomic E-state index is 12.7. The van der Waals surface area contributed by atoms with Crippen molar-refractivity contribution in [2.24, 2.45) is 5.92 Å². The Morgan fingerprint density at radius 2 is 1.79 bits per heavy atom. The summed E-state index contributed by atoms with van der Waals surface area (Å²) in [5, 5.41) is 3.80. The van der Waals surface area contributed by atoms with Gasteiger partial charge in [-0.05, 0) is 48.1 Å². The molecule has 0 aliphatic heterocycles. The molecule has 1 N–H and O–H groups in total. The summed E-state index contributed by atoms with van der Waals surface area (Å²) in [6.07, 6.45) is 8.47. The van der Waals surface area contributed by atoms with Gasteiger partial charge in [0.25, 0.3) is 0 Å². The summed E-state index contributed by atoms with van der Waals surface area (Å²) in [6.45, 7) is 0. The third-order valence-electron chi connectivity index (χ3n) is 5.50. The molecule has 0 atom stereocenters. The lowest BCUT2D eigenvalue weighted by atomic mass is 9.99. The highest BCUT2D eigenvalue weighted by Crippen LogP contribution is 2.35. The average molecular weight is 412 g/mol. The monoisotopic (exact) mass is 411 g/mol. The van der Waals surface area contributed by atoms with Gasteiger partial charge in [-0.3, -0.25) is 9.78 Å². The number of hydrogen-bond acceptors (Lipinski definition) is 6. The highest BCUT2D eigenvalue weighted by Gasteiger charge is 2.22. The van der Waals surface area contributed by atoms with Crippen LogP contribution in [0.3, 0.4) is 0 Å². The number of rotatable bonds is 5. The van der Waals surface area contributed by atoms with Gasteiger partial charge in [-0.2, -0.15) is 4.37 Å². The minimum Gasteiger partial charge on any atom is -0.493 e. The highest BCUT2D eigenvalue weighted by atomic mass is 32.1. The van der Waals surface area contributed by atoms with Gasteiger partial charge in [0.1, 0.15) is 16.0 Å². The minimum atomic E-state index is 0.0979. The maximum Gasteiger partial charge on any atom is 0.228 e. The van der Waals surface area contributed by atoms with E-state index in [4.69, 9.17) is 9.47 Å². The number of amides is 1. The van der Waals surface area contributed by atoms with E-state index >= 15 is 0 Å². The van der Waals surface area contributed by atoms with Crippen LogP contribution < -0.4 is 14.8 Å². The second-order valence-corrected chi connectivity index (χ2v) is 8.12. The molecule has 1 aliphatic carbocycles. The predicted octanol–water partition coefficient (Wildman–Crippen LogP) is 5.28. The van der Waals surface area contributed by atoms with Crippen LogP contribution in [0.2, 0.25) is 0 Å². The number of pyridine rings is 1. The SMILES string of the molecule is COc1ccc(-c2cnc3c(NC(=O)C4CCCCCC4)snc3c2)cc1OC. The Hall–Kier alpha value is -2.67. The van der Waals surface area contributed by atoms with Gasteiger partial charge < -0.3 is 14.8 Å². The fourth-order valence-electron chi connectivity index (χ4n) is 3.85. The van der Waals surface area contributed by atoms with Crippen LogP contribution in [0.4, 0.5) is 5.00 Å². The molecule has 1 saturated carbocycles. The summed E-state index contributed by atoms with van der Waals surface area (Å²) in [4.78, 5) is 17.3. The Labute approximate surface area is 174 Å². The number of aromatic nitrogens is 2. The summed E-state index contributed by atoms with van der Waals surface area (Å²) in [5.74, 6) is 1.55. The van der Waals surface area contributed by atoms with Crippen molar-refractivity contribution in [1.29, 1.82) is 0 Å². The maximum absolute atomic E-state index is 12.7. The van der Waals surface area contributed by atoms with Crippen molar-refractivity contribution in [3.63, 3.8) is 0 Å². The molecule has 7 heteroatoms. The quantitative estimate of drug-likeness (QED) is 0.578. The normalized spacial score (nSPS) is 15.1. The van der Waals surface area contributed by atoms with E-state index in [-0.39, 0.29) is 11.8 Å². The van der Waals surface area contributed by atoms with Crippen molar-refractivity contribution in [2.45, 2.75) is 38.5 Å². The predicted molar refractivity (Wildman–Crippen MR) is 116 cm³/mol. The van der Waals surface area contributed by atoms with Crippen molar-refractivity contribution in [3.05, 3.63) is 30.5 Å². The molecule has 1 aromatic carbocycles. The summed E-state index contributed by atoms with van der Waals surface area (Å²) < 4.78 is 15.2. The van der Waals surface area contributed by atoms with E-state index < -0.39 is 0 Å². The van der Waals surface area contributed by atoms with Crippen LogP contribution in [0.5, 0.6) is 11.5 Å². The lowest BCUT2D eigenvalue weighted by Gasteiger charge is -2.13. The van der Waals surface area contributed by atoms with Gasteiger partial charge in [-0.1, -0.05) is 31.7 Å². The standard InChI is InChI=1S/C22H25N3O3S/c1-27-18-10-9-15(12-19(18)28-2)16-11-17-20(23-13-16)22(29-25-17)24-21(26)14-7-5-3-4-6-8-14/h9-14H,3-8H2,1-2H3,(H,24,26). The van der Waals surface area contributed by atoms with Crippen LogP contribution >= 0.6 is 11.5 Å². The fraction of sp³-hybridized carbons (Fsp3) is 0.409. The van der Waals surface area contributed by atoms with E-state index in [0.717, 1.165) is 52.8 Å². The molecule has 6 nitrogen and oxygen atoms in total. The molecule has 1 aliphatic rings. The second-order valence-electron chi connectivity index (χ2n) is 7.35. The third-order valence-corrected chi connectivity index (χ3v) is 6.26. The molecule has 1 fully saturated rings. The molecule has 152 valence electrons. The summed E-state index contributed by atoms with van der Waals surface area (Å²) >= 11 is 1.29. The van der Waals surface area contributed by atoms with Gasteiger partial charge in [0, 0.05) is 17.7 Å². The number of carbonyl (C=O) groups excluding carboxylic acids is 1. The van der Waals surface area contributed by atoms with Crippen molar-refractivity contribution in [3.8, 4) is 22.6 Å². The number of benzene rings is 1. The molecule has 29 heavy (non-hydrogen) atoms. The first-order chi connectivity index (χ1) is 14.2. The molecule has 0 spiro atoms. The van der Waals surface area contributed by atoms with Crippen LogP contribution in [0.25, 0.3) is 22.2 Å². The molecule has 0 radical (unpaired) electrons. The van der Waals surface area contributed by atoms with Crippen LogP contribution in [0, 0.1) is 5.92 Å². The van der Waals surface area contributed by atoms with Gasteiger partial charge in [0.15, 0.2) is 11.5 Å². The average Bonchev–Trinajstić information content (AvgIpc) is 2.96. The van der Waals surface area contributed by atoms with Crippen LogP contribution in [-0.2, 0) is 4.79 Å². The first-order valence-corrected chi connectivity index (χ1v) is 10.8. The first kappa shape index (κ1) is 19.6. The number of anilines is 1. The molecule has 0 bridgehead atoms. The van der Waals surface area contributed by atoms with E-state index in [1.165, 1.54) is 24.4 Å². The van der Waals surface area contributed by atoms with E-state index in [1.54, 1.807) is 20.4 Å². The number of methoxy groups -OCH3 is 2. The number of hydrogen-bond donors (Lipinski definition) is 1. The molecule has 2 aromatic heterocycles. The topological polar surface area (TPSA) is 73.3 Å². The number of ether oxygens (including phenoxy) is 2. The van der Waals surface area contributed by atoms with E-state index in [1.807, 2.05) is 24.3 Å². The second kappa shape index (κ2) is 8.78. The Morgan fingerprint density at radius 1 is 1.03 bits per heavy atom. The summed E-state index contributed by atoms with van der Waals surface area (Å²) in [5.41, 5.74) is 3.42. The number of nitrogens with zero attached hydrogens (tertiary/aromatic N) is 2. The number of carbonyl (C=O) groups is 1. The van der Waals surface area contributed by atoms with Crippen molar-refractivity contribution < 1.29 is 14.3 Å². The molecule has 0 saturated heterocycles. The lowest BCUT2D eigenvalue weighted by molar-refractivity contribution is -0.120.